The number of carbonyl (C=O) groups is 1. The van der Waals surface area contributed by atoms with Crippen molar-refractivity contribution < 1.29 is 9.32 Å². The second-order valence-corrected chi connectivity index (χ2v) is 7.01. The van der Waals surface area contributed by atoms with E-state index in [0.717, 1.165) is 35.6 Å². The van der Waals surface area contributed by atoms with Crippen molar-refractivity contribution in [2.75, 3.05) is 26.2 Å². The lowest BCUT2D eigenvalue weighted by Gasteiger charge is -2.34. The number of carbonyl (C=O) groups excluding carboxylic acids is 1. The number of aromatic nitrogens is 3. The van der Waals surface area contributed by atoms with Crippen molar-refractivity contribution in [2.24, 2.45) is 7.05 Å². The number of hydrogen-bond acceptors (Lipinski definition) is 5. The first kappa shape index (κ1) is 17.5. The number of imidazole rings is 1. The van der Waals surface area contributed by atoms with Crippen LogP contribution in [0, 0.1) is 6.92 Å². The van der Waals surface area contributed by atoms with E-state index in [1.807, 2.05) is 42.2 Å². The van der Waals surface area contributed by atoms with Crippen LogP contribution in [-0.2, 0) is 24.9 Å². The molecule has 0 aliphatic carbocycles. The van der Waals surface area contributed by atoms with Crippen LogP contribution in [0.15, 0.2) is 39.6 Å². The van der Waals surface area contributed by atoms with E-state index >= 15 is 0 Å². The van der Waals surface area contributed by atoms with Crippen molar-refractivity contribution in [1.29, 1.82) is 0 Å². The normalized spacial score (nSPS) is 15.6. The fourth-order valence-electron chi connectivity index (χ4n) is 3.62. The van der Waals surface area contributed by atoms with Gasteiger partial charge in [-0.25, -0.2) is 4.79 Å². The summed E-state index contributed by atoms with van der Waals surface area (Å²) in [6.45, 7) is 5.51. The van der Waals surface area contributed by atoms with Gasteiger partial charge < -0.3 is 9.42 Å². The molecule has 27 heavy (non-hydrogen) atoms. The van der Waals surface area contributed by atoms with Gasteiger partial charge in [0.2, 0.25) is 5.91 Å². The Bertz CT molecular complexity index is 1020. The number of rotatable bonds is 4. The molecule has 1 fully saturated rings. The number of aryl methyl sites for hydroxylation is 2. The first-order chi connectivity index (χ1) is 13.0. The van der Waals surface area contributed by atoms with E-state index in [0.29, 0.717) is 19.6 Å². The Morgan fingerprint density at radius 3 is 2.52 bits per heavy atom. The van der Waals surface area contributed by atoms with E-state index in [1.165, 1.54) is 0 Å². The lowest BCUT2D eigenvalue weighted by Crippen LogP contribution is -2.49. The van der Waals surface area contributed by atoms with Crippen molar-refractivity contribution in [1.82, 2.24) is 24.1 Å². The third-order valence-corrected chi connectivity index (χ3v) is 5.13. The van der Waals surface area contributed by atoms with Gasteiger partial charge in [-0.1, -0.05) is 17.3 Å². The Hall–Kier alpha value is -2.87. The highest BCUT2D eigenvalue weighted by Gasteiger charge is 2.23. The third-order valence-electron chi connectivity index (χ3n) is 5.13. The molecule has 0 spiro atoms. The summed E-state index contributed by atoms with van der Waals surface area (Å²) in [7, 11) is 1.73. The average molecular weight is 369 g/mol. The highest BCUT2D eigenvalue weighted by atomic mass is 16.5. The molecule has 4 rings (SSSR count). The summed E-state index contributed by atoms with van der Waals surface area (Å²) in [6.07, 6.45) is 0. The van der Waals surface area contributed by atoms with Gasteiger partial charge in [0.25, 0.3) is 0 Å². The molecule has 0 bridgehead atoms. The molecule has 0 radical (unpaired) electrons. The Balaban J connectivity index is 1.40. The van der Waals surface area contributed by atoms with Crippen LogP contribution < -0.4 is 5.69 Å². The molecule has 0 atom stereocenters. The second-order valence-electron chi connectivity index (χ2n) is 7.01. The number of hydrogen-bond donors (Lipinski definition) is 0. The SMILES string of the molecule is Cc1cc(CN2CCN(C(=O)Cn3c(=O)n(C)c4ccccc43)CC2)on1. The van der Waals surface area contributed by atoms with Gasteiger partial charge in [-0.05, 0) is 19.1 Å². The molecule has 1 aliphatic heterocycles. The highest BCUT2D eigenvalue weighted by Crippen LogP contribution is 2.13. The molecule has 1 aliphatic rings. The summed E-state index contributed by atoms with van der Waals surface area (Å²) in [5.41, 5.74) is 2.34. The summed E-state index contributed by atoms with van der Waals surface area (Å²) >= 11 is 0. The highest BCUT2D eigenvalue weighted by molar-refractivity contribution is 5.81. The summed E-state index contributed by atoms with van der Waals surface area (Å²) < 4.78 is 8.40. The second kappa shape index (κ2) is 7.03. The molecule has 0 saturated carbocycles. The van der Waals surface area contributed by atoms with Gasteiger partial charge in [-0.3, -0.25) is 18.8 Å². The Morgan fingerprint density at radius 2 is 1.85 bits per heavy atom. The molecule has 3 aromatic rings. The Kier molecular flexibility index (Phi) is 4.57. The van der Waals surface area contributed by atoms with Gasteiger partial charge >= 0.3 is 5.69 Å². The zero-order valence-electron chi connectivity index (χ0n) is 15.6. The minimum atomic E-state index is -0.163. The molecule has 1 saturated heterocycles. The lowest BCUT2D eigenvalue weighted by molar-refractivity contribution is -0.133. The molecule has 0 unspecified atom stereocenters. The molecule has 8 heteroatoms. The van der Waals surface area contributed by atoms with Crippen LogP contribution in [0.2, 0.25) is 0 Å². The number of para-hydroxylation sites is 2. The maximum absolute atomic E-state index is 12.8. The van der Waals surface area contributed by atoms with Crippen LogP contribution in [0.1, 0.15) is 11.5 Å². The molecule has 3 heterocycles. The zero-order valence-corrected chi connectivity index (χ0v) is 15.6. The minimum absolute atomic E-state index is 0.0244. The maximum atomic E-state index is 12.8. The summed E-state index contributed by atoms with van der Waals surface area (Å²) in [4.78, 5) is 29.3. The third kappa shape index (κ3) is 3.40. The first-order valence-electron chi connectivity index (χ1n) is 9.09. The van der Waals surface area contributed by atoms with E-state index in [2.05, 4.69) is 10.1 Å². The van der Waals surface area contributed by atoms with E-state index in [4.69, 9.17) is 4.52 Å². The van der Waals surface area contributed by atoms with E-state index < -0.39 is 0 Å². The summed E-state index contributed by atoms with van der Waals surface area (Å²) in [6, 6.07) is 9.48. The Labute approximate surface area is 156 Å². The van der Waals surface area contributed by atoms with Crippen LogP contribution in [-0.4, -0.2) is 56.2 Å². The van der Waals surface area contributed by atoms with E-state index in [9.17, 15) is 9.59 Å². The molecule has 2 aromatic heterocycles. The van der Waals surface area contributed by atoms with Gasteiger partial charge in [0, 0.05) is 39.3 Å². The average Bonchev–Trinajstić information content (AvgIpc) is 3.19. The van der Waals surface area contributed by atoms with E-state index in [1.54, 1.807) is 16.2 Å². The van der Waals surface area contributed by atoms with Crippen LogP contribution in [0.4, 0.5) is 0 Å². The van der Waals surface area contributed by atoms with Crippen molar-refractivity contribution in [3.8, 4) is 0 Å². The van der Waals surface area contributed by atoms with Crippen molar-refractivity contribution in [3.05, 3.63) is 52.3 Å². The van der Waals surface area contributed by atoms with Gasteiger partial charge in [0.05, 0.1) is 23.3 Å². The predicted molar refractivity (Wildman–Crippen MR) is 100 cm³/mol. The minimum Gasteiger partial charge on any atom is -0.360 e. The standard InChI is InChI=1S/C19H23N5O3/c1-14-11-15(27-20-14)12-22-7-9-23(10-8-22)18(25)13-24-17-6-4-3-5-16(17)21(2)19(24)26/h3-6,11H,7-10,12-13H2,1-2H3. The molecule has 1 amide bonds. The Morgan fingerprint density at radius 1 is 1.15 bits per heavy atom. The number of benzene rings is 1. The van der Waals surface area contributed by atoms with Crippen LogP contribution >= 0.6 is 0 Å². The smallest absolute Gasteiger partial charge is 0.329 e. The van der Waals surface area contributed by atoms with Gasteiger partial charge in [0.1, 0.15) is 6.54 Å². The van der Waals surface area contributed by atoms with Gasteiger partial charge in [0.15, 0.2) is 5.76 Å². The van der Waals surface area contributed by atoms with E-state index in [-0.39, 0.29) is 18.1 Å². The molecule has 142 valence electrons. The fourth-order valence-corrected chi connectivity index (χ4v) is 3.62. The molecule has 0 N–H and O–H groups in total. The monoisotopic (exact) mass is 369 g/mol. The predicted octanol–water partition coefficient (Wildman–Crippen LogP) is 0.981. The summed E-state index contributed by atoms with van der Waals surface area (Å²) in [5, 5.41) is 3.91. The number of nitrogens with zero attached hydrogens (tertiary/aromatic N) is 5. The van der Waals surface area contributed by atoms with Gasteiger partial charge in [-0.15, -0.1) is 0 Å². The topological polar surface area (TPSA) is 76.5 Å². The molecule has 8 nitrogen and oxygen atoms in total. The largest absolute Gasteiger partial charge is 0.360 e. The summed E-state index contributed by atoms with van der Waals surface area (Å²) in [5.74, 6) is 0.818. The first-order valence-corrected chi connectivity index (χ1v) is 9.09. The van der Waals surface area contributed by atoms with Crippen LogP contribution in [0.3, 0.4) is 0 Å². The molecule has 1 aromatic carbocycles. The van der Waals surface area contributed by atoms with Crippen LogP contribution in [0.5, 0.6) is 0 Å². The maximum Gasteiger partial charge on any atom is 0.329 e. The fraction of sp³-hybridized carbons (Fsp3) is 0.421. The molecular formula is C19H23N5O3. The number of amides is 1. The zero-order chi connectivity index (χ0) is 19.0. The van der Waals surface area contributed by atoms with Crippen LogP contribution in [0.25, 0.3) is 11.0 Å². The molecular weight excluding hydrogens is 346 g/mol. The van der Waals surface area contributed by atoms with Gasteiger partial charge in [-0.2, -0.15) is 0 Å². The lowest BCUT2D eigenvalue weighted by atomic mass is 10.2. The van der Waals surface area contributed by atoms with Crippen molar-refractivity contribution >= 4 is 16.9 Å². The van der Waals surface area contributed by atoms with Crippen molar-refractivity contribution in [3.63, 3.8) is 0 Å². The van der Waals surface area contributed by atoms with Crippen molar-refractivity contribution in [2.45, 2.75) is 20.0 Å². The number of piperazine rings is 1. The quantitative estimate of drug-likeness (QED) is 0.685. The number of fused-ring (bicyclic) bond motifs is 1.